The second-order valence-electron chi connectivity index (χ2n) is 4.62. The quantitative estimate of drug-likeness (QED) is 0.791. The van der Waals surface area contributed by atoms with Gasteiger partial charge in [-0.25, -0.2) is 8.42 Å². The number of ether oxygens (including phenoxy) is 1. The summed E-state index contributed by atoms with van der Waals surface area (Å²) >= 11 is 0. The normalized spacial score (nSPS) is 12.9. The van der Waals surface area contributed by atoms with Crippen LogP contribution in [0, 0.1) is 5.92 Å². The molecule has 0 aliphatic heterocycles. The summed E-state index contributed by atoms with van der Waals surface area (Å²) in [6, 6.07) is 7.15. The summed E-state index contributed by atoms with van der Waals surface area (Å²) in [4.78, 5) is 11.2. The molecule has 0 spiro atoms. The van der Waals surface area contributed by atoms with Crippen LogP contribution < -0.4 is 4.74 Å². The molecule has 0 radical (unpaired) electrons. The van der Waals surface area contributed by atoms with Gasteiger partial charge in [0.15, 0.2) is 0 Å². The lowest BCUT2D eigenvalue weighted by Gasteiger charge is -2.13. The molecule has 5 nitrogen and oxygen atoms in total. The van der Waals surface area contributed by atoms with Crippen molar-refractivity contribution in [3.05, 3.63) is 29.8 Å². The third-order valence-corrected chi connectivity index (χ3v) is 4.92. The van der Waals surface area contributed by atoms with E-state index in [0.717, 1.165) is 5.56 Å². The van der Waals surface area contributed by atoms with Gasteiger partial charge in [-0.3, -0.25) is 4.79 Å². The topological polar surface area (TPSA) is 80.7 Å². The average molecular weight is 300 g/mol. The first-order valence-corrected chi connectivity index (χ1v) is 8.26. The van der Waals surface area contributed by atoms with Crippen LogP contribution in [0.4, 0.5) is 0 Å². The standard InChI is InChI=1S/C14H20O5S/c1-3-20(17,18)8-7-12(14(15)16)9-11-5-4-6-13(10-11)19-2/h4-6,10,12H,3,7-9H2,1-2H3,(H,15,16). The van der Waals surface area contributed by atoms with E-state index in [4.69, 9.17) is 4.74 Å². The van der Waals surface area contributed by atoms with Crippen LogP contribution in [-0.2, 0) is 21.1 Å². The van der Waals surface area contributed by atoms with E-state index in [1.165, 1.54) is 0 Å². The fourth-order valence-electron chi connectivity index (χ4n) is 1.86. The Bertz CT molecular complexity index is 550. The molecular weight excluding hydrogens is 280 g/mol. The van der Waals surface area contributed by atoms with Crippen molar-refractivity contribution >= 4 is 15.8 Å². The SMILES string of the molecule is CCS(=O)(=O)CCC(Cc1cccc(OC)c1)C(=O)O. The molecule has 0 aliphatic rings. The molecule has 1 aromatic rings. The molecule has 0 bridgehead atoms. The predicted octanol–water partition coefficient (Wildman–Crippen LogP) is 1.76. The van der Waals surface area contributed by atoms with Crippen LogP contribution in [0.2, 0.25) is 0 Å². The minimum absolute atomic E-state index is 0.0402. The maximum atomic E-state index is 11.5. The lowest BCUT2D eigenvalue weighted by molar-refractivity contribution is -0.141. The molecule has 112 valence electrons. The molecule has 0 saturated heterocycles. The number of hydrogen-bond acceptors (Lipinski definition) is 4. The molecule has 6 heteroatoms. The third-order valence-electron chi connectivity index (χ3n) is 3.18. The molecule has 1 aromatic carbocycles. The summed E-state index contributed by atoms with van der Waals surface area (Å²) < 4.78 is 28.0. The van der Waals surface area contributed by atoms with Crippen LogP contribution in [0.1, 0.15) is 18.9 Å². The number of rotatable bonds is 8. The van der Waals surface area contributed by atoms with Crippen molar-refractivity contribution in [3.8, 4) is 5.75 Å². The minimum Gasteiger partial charge on any atom is -0.497 e. The zero-order valence-electron chi connectivity index (χ0n) is 11.7. The lowest BCUT2D eigenvalue weighted by atomic mass is 9.97. The van der Waals surface area contributed by atoms with Crippen molar-refractivity contribution in [2.24, 2.45) is 5.92 Å². The number of sulfone groups is 1. The number of carboxylic acids is 1. The monoisotopic (exact) mass is 300 g/mol. The van der Waals surface area contributed by atoms with E-state index >= 15 is 0 Å². The number of carboxylic acid groups (broad SMARTS) is 1. The van der Waals surface area contributed by atoms with Crippen LogP contribution >= 0.6 is 0 Å². The Kier molecular flexibility index (Phi) is 6.01. The fraction of sp³-hybridized carbons (Fsp3) is 0.500. The Morgan fingerprint density at radius 1 is 1.40 bits per heavy atom. The molecule has 1 N–H and O–H groups in total. The van der Waals surface area contributed by atoms with Gasteiger partial charge in [-0.05, 0) is 30.5 Å². The summed E-state index contributed by atoms with van der Waals surface area (Å²) in [5.74, 6) is -1.07. The average Bonchev–Trinajstić information content (AvgIpc) is 2.43. The first-order chi connectivity index (χ1) is 9.38. The summed E-state index contributed by atoms with van der Waals surface area (Å²) in [5, 5.41) is 9.20. The second-order valence-corrected chi connectivity index (χ2v) is 7.09. The van der Waals surface area contributed by atoms with Gasteiger partial charge in [0.1, 0.15) is 15.6 Å². The highest BCUT2D eigenvalue weighted by molar-refractivity contribution is 7.91. The molecular formula is C14H20O5S. The molecule has 0 aliphatic carbocycles. The number of aliphatic carboxylic acids is 1. The van der Waals surface area contributed by atoms with E-state index in [2.05, 4.69) is 0 Å². The van der Waals surface area contributed by atoms with Crippen LogP contribution in [-0.4, -0.2) is 38.1 Å². The van der Waals surface area contributed by atoms with Gasteiger partial charge in [-0.1, -0.05) is 19.1 Å². The number of carbonyl (C=O) groups is 1. The van der Waals surface area contributed by atoms with E-state index in [1.54, 1.807) is 32.2 Å². The molecule has 1 rings (SSSR count). The maximum Gasteiger partial charge on any atom is 0.306 e. The molecule has 0 aromatic heterocycles. The van der Waals surface area contributed by atoms with E-state index in [1.807, 2.05) is 6.07 Å². The second kappa shape index (κ2) is 7.28. The molecule has 0 amide bonds. The first-order valence-electron chi connectivity index (χ1n) is 6.44. The van der Waals surface area contributed by atoms with E-state index in [9.17, 15) is 18.3 Å². The zero-order chi connectivity index (χ0) is 15.2. The van der Waals surface area contributed by atoms with Crippen LogP contribution in [0.25, 0.3) is 0 Å². The van der Waals surface area contributed by atoms with Gasteiger partial charge in [0.05, 0.1) is 18.8 Å². The molecule has 0 fully saturated rings. The van der Waals surface area contributed by atoms with Crippen molar-refractivity contribution in [2.45, 2.75) is 19.8 Å². The smallest absolute Gasteiger partial charge is 0.306 e. The minimum atomic E-state index is -3.14. The Hall–Kier alpha value is -1.56. The van der Waals surface area contributed by atoms with Crippen molar-refractivity contribution in [3.63, 3.8) is 0 Å². The number of benzene rings is 1. The van der Waals surface area contributed by atoms with Crippen LogP contribution in [0.3, 0.4) is 0 Å². The summed E-state index contributed by atoms with van der Waals surface area (Å²) in [7, 11) is -1.60. The van der Waals surface area contributed by atoms with Crippen LogP contribution in [0.5, 0.6) is 5.75 Å². The summed E-state index contributed by atoms with van der Waals surface area (Å²) in [6.45, 7) is 1.56. The van der Waals surface area contributed by atoms with E-state index in [-0.39, 0.29) is 17.9 Å². The van der Waals surface area contributed by atoms with Gasteiger partial charge < -0.3 is 9.84 Å². The first kappa shape index (κ1) is 16.5. The molecule has 0 heterocycles. The maximum absolute atomic E-state index is 11.5. The van der Waals surface area contributed by atoms with Crippen LogP contribution in [0.15, 0.2) is 24.3 Å². The number of methoxy groups -OCH3 is 1. The van der Waals surface area contributed by atoms with Gasteiger partial charge in [-0.15, -0.1) is 0 Å². The highest BCUT2D eigenvalue weighted by Crippen LogP contribution is 2.18. The zero-order valence-corrected chi connectivity index (χ0v) is 12.5. The highest BCUT2D eigenvalue weighted by atomic mass is 32.2. The van der Waals surface area contributed by atoms with Gasteiger partial charge in [0.2, 0.25) is 0 Å². The Labute approximate surface area is 119 Å². The van der Waals surface area contributed by atoms with Gasteiger partial charge in [-0.2, -0.15) is 0 Å². The fourth-order valence-corrected chi connectivity index (χ4v) is 2.80. The molecule has 0 saturated carbocycles. The van der Waals surface area contributed by atoms with Gasteiger partial charge >= 0.3 is 5.97 Å². The van der Waals surface area contributed by atoms with Crippen molar-refractivity contribution in [2.75, 3.05) is 18.6 Å². The van der Waals surface area contributed by atoms with Crippen molar-refractivity contribution in [1.29, 1.82) is 0 Å². The Morgan fingerprint density at radius 2 is 2.10 bits per heavy atom. The van der Waals surface area contributed by atoms with Crippen molar-refractivity contribution in [1.82, 2.24) is 0 Å². The van der Waals surface area contributed by atoms with E-state index in [0.29, 0.717) is 12.2 Å². The highest BCUT2D eigenvalue weighted by Gasteiger charge is 2.21. The Morgan fingerprint density at radius 3 is 2.65 bits per heavy atom. The summed E-state index contributed by atoms with van der Waals surface area (Å²) in [5.41, 5.74) is 0.825. The summed E-state index contributed by atoms with van der Waals surface area (Å²) in [6.07, 6.45) is 0.425. The lowest BCUT2D eigenvalue weighted by Crippen LogP contribution is -2.21. The predicted molar refractivity (Wildman–Crippen MR) is 76.8 cm³/mol. The molecule has 1 atom stereocenters. The number of hydrogen-bond donors (Lipinski definition) is 1. The van der Waals surface area contributed by atoms with Gasteiger partial charge in [0, 0.05) is 5.75 Å². The molecule has 20 heavy (non-hydrogen) atoms. The van der Waals surface area contributed by atoms with Gasteiger partial charge in [0.25, 0.3) is 0 Å². The van der Waals surface area contributed by atoms with Crippen molar-refractivity contribution < 1.29 is 23.1 Å². The molecule has 1 unspecified atom stereocenters. The third kappa shape index (κ3) is 5.21. The van der Waals surface area contributed by atoms with E-state index < -0.39 is 21.7 Å². The largest absolute Gasteiger partial charge is 0.497 e. The Balaban J connectivity index is 2.74.